The summed E-state index contributed by atoms with van der Waals surface area (Å²) >= 11 is 0. The lowest BCUT2D eigenvalue weighted by Crippen LogP contribution is -2.23. The van der Waals surface area contributed by atoms with E-state index < -0.39 is 11.8 Å². The molecule has 1 aromatic rings. The Morgan fingerprint density at radius 3 is 2.50 bits per heavy atom. The summed E-state index contributed by atoms with van der Waals surface area (Å²) in [6, 6.07) is 8.91. The minimum atomic E-state index is -0.529. The summed E-state index contributed by atoms with van der Waals surface area (Å²) in [5.41, 5.74) is 0.896. The second-order valence-electron chi connectivity index (χ2n) is 3.61. The van der Waals surface area contributed by atoms with E-state index in [-0.39, 0.29) is 18.1 Å². The molecule has 0 unspecified atom stereocenters. The second-order valence-corrected chi connectivity index (χ2v) is 3.61. The van der Waals surface area contributed by atoms with E-state index in [1.807, 2.05) is 13.0 Å². The van der Waals surface area contributed by atoms with Gasteiger partial charge in [-0.15, -0.1) is 0 Å². The van der Waals surface area contributed by atoms with Crippen LogP contribution in [0, 0.1) is 0 Å². The number of carbonyl (C=O) groups is 2. The molecule has 0 fully saturated rings. The average molecular weight is 247 g/mol. The minimum Gasteiger partial charge on any atom is -0.461 e. The number of carbonyl (C=O) groups excluding carboxylic acids is 2. The number of amides is 2. The average Bonchev–Trinajstić information content (AvgIpc) is 2.66. The number of ether oxygens (including phenoxy) is 2. The van der Waals surface area contributed by atoms with Crippen LogP contribution in [0.2, 0.25) is 0 Å². The highest BCUT2D eigenvalue weighted by atomic mass is 16.7. The largest absolute Gasteiger partial charge is 0.461 e. The topological polar surface area (TPSA) is 64.6 Å². The van der Waals surface area contributed by atoms with Crippen LogP contribution in [-0.4, -0.2) is 25.2 Å². The van der Waals surface area contributed by atoms with Crippen molar-refractivity contribution in [2.45, 2.75) is 6.92 Å². The van der Waals surface area contributed by atoms with Crippen LogP contribution < -0.4 is 5.32 Å². The van der Waals surface area contributed by atoms with Crippen LogP contribution in [0.15, 0.2) is 36.1 Å². The molecule has 94 valence electrons. The zero-order valence-corrected chi connectivity index (χ0v) is 9.93. The van der Waals surface area contributed by atoms with Crippen molar-refractivity contribution in [1.82, 2.24) is 5.32 Å². The lowest BCUT2D eigenvalue weighted by molar-refractivity contribution is -0.126. The maximum absolute atomic E-state index is 11.7. The van der Waals surface area contributed by atoms with Gasteiger partial charge in [0, 0.05) is 6.61 Å². The fourth-order valence-corrected chi connectivity index (χ4v) is 1.63. The summed E-state index contributed by atoms with van der Waals surface area (Å²) in [4.78, 5) is 23.3. The van der Waals surface area contributed by atoms with Gasteiger partial charge in [0.1, 0.15) is 0 Å². The highest BCUT2D eigenvalue weighted by Gasteiger charge is 2.32. The Bertz CT molecular complexity index is 493. The van der Waals surface area contributed by atoms with Gasteiger partial charge < -0.3 is 9.47 Å². The first-order valence-corrected chi connectivity index (χ1v) is 5.60. The van der Waals surface area contributed by atoms with Crippen molar-refractivity contribution in [3.05, 3.63) is 41.7 Å². The van der Waals surface area contributed by atoms with E-state index in [9.17, 15) is 9.59 Å². The van der Waals surface area contributed by atoms with E-state index in [0.29, 0.717) is 12.2 Å². The first-order chi connectivity index (χ1) is 8.74. The lowest BCUT2D eigenvalue weighted by Gasteiger charge is -2.06. The van der Waals surface area contributed by atoms with E-state index in [4.69, 9.17) is 9.47 Å². The smallest absolute Gasteiger partial charge is 0.294 e. The molecule has 0 aliphatic carbocycles. The number of imide groups is 1. The van der Waals surface area contributed by atoms with Crippen LogP contribution in [0.3, 0.4) is 0 Å². The standard InChI is InChI=1S/C13H13NO4/c1-2-17-8-18-11-10(12(15)14-13(11)16)9-6-4-3-5-7-9/h3-7H,2,8H2,1H3,(H,14,15,16). The van der Waals surface area contributed by atoms with Gasteiger partial charge in [-0.1, -0.05) is 30.3 Å². The van der Waals surface area contributed by atoms with Crippen molar-refractivity contribution >= 4 is 17.4 Å². The molecule has 2 amide bonds. The third-order valence-electron chi connectivity index (χ3n) is 2.44. The molecule has 5 heteroatoms. The van der Waals surface area contributed by atoms with Crippen molar-refractivity contribution < 1.29 is 19.1 Å². The molecule has 1 heterocycles. The number of hydrogen-bond acceptors (Lipinski definition) is 4. The molecule has 0 bridgehead atoms. The predicted octanol–water partition coefficient (Wildman–Crippen LogP) is 1.06. The van der Waals surface area contributed by atoms with Gasteiger partial charge in [-0.2, -0.15) is 0 Å². The summed E-state index contributed by atoms with van der Waals surface area (Å²) < 4.78 is 10.2. The summed E-state index contributed by atoms with van der Waals surface area (Å²) in [7, 11) is 0. The highest BCUT2D eigenvalue weighted by molar-refractivity contribution is 6.35. The molecule has 1 N–H and O–H groups in total. The van der Waals surface area contributed by atoms with Crippen molar-refractivity contribution in [2.75, 3.05) is 13.4 Å². The highest BCUT2D eigenvalue weighted by Crippen LogP contribution is 2.24. The monoisotopic (exact) mass is 247 g/mol. The van der Waals surface area contributed by atoms with Gasteiger partial charge in [-0.3, -0.25) is 14.9 Å². The van der Waals surface area contributed by atoms with Crippen LogP contribution in [0.1, 0.15) is 12.5 Å². The van der Waals surface area contributed by atoms with Crippen LogP contribution in [0.4, 0.5) is 0 Å². The molecule has 0 aromatic heterocycles. The van der Waals surface area contributed by atoms with Gasteiger partial charge >= 0.3 is 0 Å². The Hall–Kier alpha value is -2.14. The Kier molecular flexibility index (Phi) is 3.74. The third kappa shape index (κ3) is 2.41. The summed E-state index contributed by atoms with van der Waals surface area (Å²) in [6.07, 6.45) is 0. The third-order valence-corrected chi connectivity index (χ3v) is 2.44. The molecular weight excluding hydrogens is 234 g/mol. The van der Waals surface area contributed by atoms with Gasteiger partial charge in [-0.05, 0) is 12.5 Å². The normalized spacial score (nSPS) is 14.9. The van der Waals surface area contributed by atoms with Crippen LogP contribution in [-0.2, 0) is 19.1 Å². The Morgan fingerprint density at radius 2 is 1.83 bits per heavy atom. The van der Waals surface area contributed by atoms with E-state index in [1.165, 1.54) is 0 Å². The van der Waals surface area contributed by atoms with Gasteiger partial charge in [0.15, 0.2) is 6.79 Å². The van der Waals surface area contributed by atoms with Gasteiger partial charge in [-0.25, -0.2) is 0 Å². The summed E-state index contributed by atoms with van der Waals surface area (Å²) in [5, 5.41) is 2.21. The van der Waals surface area contributed by atoms with Crippen molar-refractivity contribution in [1.29, 1.82) is 0 Å². The van der Waals surface area contributed by atoms with Crippen LogP contribution >= 0.6 is 0 Å². The first-order valence-electron chi connectivity index (χ1n) is 5.60. The molecule has 0 saturated carbocycles. The molecule has 0 atom stereocenters. The van der Waals surface area contributed by atoms with Gasteiger partial charge in [0.05, 0.1) is 5.57 Å². The SMILES string of the molecule is CCOCOC1=C(c2ccccc2)C(=O)NC1=O. The van der Waals surface area contributed by atoms with Crippen molar-refractivity contribution in [2.24, 2.45) is 0 Å². The van der Waals surface area contributed by atoms with Gasteiger partial charge in [0.2, 0.25) is 5.76 Å². The molecule has 2 rings (SSSR count). The molecule has 1 aromatic carbocycles. The fraction of sp³-hybridized carbons (Fsp3) is 0.231. The Balaban J connectivity index is 2.31. The molecule has 0 saturated heterocycles. The quantitative estimate of drug-likeness (QED) is 0.480. The number of hydrogen-bond donors (Lipinski definition) is 1. The maximum Gasteiger partial charge on any atom is 0.294 e. The number of rotatable bonds is 5. The molecule has 1 aliphatic heterocycles. The van der Waals surface area contributed by atoms with Crippen molar-refractivity contribution in [3.8, 4) is 0 Å². The summed E-state index contributed by atoms with van der Waals surface area (Å²) in [5.74, 6) is -0.962. The van der Waals surface area contributed by atoms with E-state index in [0.717, 1.165) is 0 Å². The predicted molar refractivity (Wildman–Crippen MR) is 64.1 cm³/mol. The van der Waals surface area contributed by atoms with Crippen molar-refractivity contribution in [3.63, 3.8) is 0 Å². The summed E-state index contributed by atoms with van der Waals surface area (Å²) in [6.45, 7) is 2.24. The first kappa shape index (κ1) is 12.3. The number of nitrogens with one attached hydrogen (secondary N) is 1. The lowest BCUT2D eigenvalue weighted by atomic mass is 10.1. The Morgan fingerprint density at radius 1 is 1.11 bits per heavy atom. The molecule has 1 aliphatic rings. The van der Waals surface area contributed by atoms with Crippen LogP contribution in [0.5, 0.6) is 0 Å². The molecule has 0 radical (unpaired) electrons. The zero-order chi connectivity index (χ0) is 13.0. The van der Waals surface area contributed by atoms with E-state index >= 15 is 0 Å². The molecule has 18 heavy (non-hydrogen) atoms. The fourth-order valence-electron chi connectivity index (χ4n) is 1.63. The molecular formula is C13H13NO4. The van der Waals surface area contributed by atoms with Gasteiger partial charge in [0.25, 0.3) is 11.8 Å². The Labute approximate surface area is 104 Å². The molecule has 5 nitrogen and oxygen atoms in total. The molecule has 0 spiro atoms. The maximum atomic E-state index is 11.7. The van der Waals surface area contributed by atoms with Crippen LogP contribution in [0.25, 0.3) is 5.57 Å². The van der Waals surface area contributed by atoms with E-state index in [1.54, 1.807) is 24.3 Å². The number of benzene rings is 1. The van der Waals surface area contributed by atoms with E-state index in [2.05, 4.69) is 5.32 Å². The zero-order valence-electron chi connectivity index (χ0n) is 9.93. The second kappa shape index (κ2) is 5.46. The minimum absolute atomic E-state index is 0.0136.